The Balaban J connectivity index is 1.81. The molecule has 182 valence electrons. The zero-order valence-corrected chi connectivity index (χ0v) is 19.6. The minimum atomic E-state index is -0.872. The van der Waals surface area contributed by atoms with Crippen molar-refractivity contribution < 1.29 is 23.5 Å². The first kappa shape index (κ1) is 25.1. The zero-order chi connectivity index (χ0) is 24.3. The smallest absolute Gasteiger partial charge is 0.287 e. The summed E-state index contributed by atoms with van der Waals surface area (Å²) in [5.74, 6) is -0.353. The van der Waals surface area contributed by atoms with Gasteiger partial charge in [0.15, 0.2) is 5.76 Å². The normalized spacial score (nSPS) is 14.6. The molecule has 1 heterocycles. The summed E-state index contributed by atoms with van der Waals surface area (Å²) in [7, 11) is 0. The second-order valence-electron chi connectivity index (χ2n) is 8.24. The maximum Gasteiger partial charge on any atom is 0.287 e. The van der Waals surface area contributed by atoms with E-state index in [2.05, 4.69) is 17.2 Å². The number of hydrogen-bond donors (Lipinski definition) is 2. The largest absolute Gasteiger partial charge is 0.494 e. The van der Waals surface area contributed by atoms with Gasteiger partial charge in [0.1, 0.15) is 11.8 Å². The van der Waals surface area contributed by atoms with Crippen LogP contribution in [0.4, 0.5) is 0 Å². The molecule has 0 unspecified atom stereocenters. The lowest BCUT2D eigenvalue weighted by Gasteiger charge is -2.33. The van der Waals surface area contributed by atoms with Gasteiger partial charge in [0.2, 0.25) is 11.8 Å². The molecule has 1 aromatic carbocycles. The zero-order valence-electron chi connectivity index (χ0n) is 19.6. The highest BCUT2D eigenvalue weighted by Gasteiger charge is 2.32. The van der Waals surface area contributed by atoms with Crippen LogP contribution in [0.3, 0.4) is 0 Å². The van der Waals surface area contributed by atoms with Crippen LogP contribution >= 0.6 is 0 Å². The van der Waals surface area contributed by atoms with E-state index in [1.54, 1.807) is 36.4 Å². The summed E-state index contributed by atoms with van der Waals surface area (Å²) >= 11 is 0. The summed E-state index contributed by atoms with van der Waals surface area (Å²) in [6, 6.07) is 9.49. The number of furan rings is 1. The maximum absolute atomic E-state index is 13.5. The Morgan fingerprint density at radius 2 is 1.91 bits per heavy atom. The summed E-state index contributed by atoms with van der Waals surface area (Å²) in [6.07, 6.45) is 8.14. The number of carbonyl (C=O) groups excluding carboxylic acids is 3. The molecule has 8 nitrogen and oxygen atoms in total. The van der Waals surface area contributed by atoms with Crippen molar-refractivity contribution in [3.05, 3.63) is 66.6 Å². The van der Waals surface area contributed by atoms with E-state index in [9.17, 15) is 14.4 Å². The minimum absolute atomic E-state index is 0.0887. The van der Waals surface area contributed by atoms with E-state index in [1.807, 2.05) is 6.92 Å². The van der Waals surface area contributed by atoms with E-state index in [0.717, 1.165) is 25.7 Å². The molecule has 1 saturated carbocycles. The molecule has 3 amide bonds. The Hall–Kier alpha value is -3.55. The molecule has 0 saturated heterocycles. The number of amides is 3. The maximum atomic E-state index is 13.5. The highest BCUT2D eigenvalue weighted by molar-refractivity contribution is 5.95. The predicted octanol–water partition coefficient (Wildman–Crippen LogP) is 3.61. The van der Waals surface area contributed by atoms with Gasteiger partial charge in [-0.3, -0.25) is 14.4 Å². The van der Waals surface area contributed by atoms with Crippen molar-refractivity contribution in [3.8, 4) is 5.75 Å². The van der Waals surface area contributed by atoms with Crippen LogP contribution in [0.25, 0.3) is 0 Å². The molecule has 1 atom stereocenters. The number of benzene rings is 1. The van der Waals surface area contributed by atoms with Crippen LogP contribution in [0, 0.1) is 0 Å². The van der Waals surface area contributed by atoms with Crippen molar-refractivity contribution in [1.29, 1.82) is 0 Å². The molecular formula is C26H33N3O5. The summed E-state index contributed by atoms with van der Waals surface area (Å²) < 4.78 is 10.6. The van der Waals surface area contributed by atoms with Crippen molar-refractivity contribution in [1.82, 2.24) is 15.5 Å². The minimum Gasteiger partial charge on any atom is -0.494 e. The number of ether oxygens (including phenoxy) is 1. The SMILES string of the molecule is C=CCN(C(=O)CNC(=O)c1ccco1)[C@@H](C(=O)NC1CCCCC1)c1ccc(OCC)cc1. The number of nitrogens with one attached hydrogen (secondary N) is 2. The molecule has 1 fully saturated rings. The van der Waals surface area contributed by atoms with Gasteiger partial charge in [-0.15, -0.1) is 6.58 Å². The Morgan fingerprint density at radius 3 is 2.53 bits per heavy atom. The third-order valence-corrected chi connectivity index (χ3v) is 5.81. The highest BCUT2D eigenvalue weighted by Crippen LogP contribution is 2.26. The molecule has 0 radical (unpaired) electrons. The molecule has 34 heavy (non-hydrogen) atoms. The second-order valence-corrected chi connectivity index (χ2v) is 8.24. The number of hydrogen-bond acceptors (Lipinski definition) is 5. The van der Waals surface area contributed by atoms with Gasteiger partial charge in [0, 0.05) is 12.6 Å². The molecule has 1 aliphatic carbocycles. The van der Waals surface area contributed by atoms with Gasteiger partial charge in [-0.2, -0.15) is 0 Å². The predicted molar refractivity (Wildman–Crippen MR) is 128 cm³/mol. The summed E-state index contributed by atoms with van der Waals surface area (Å²) in [4.78, 5) is 40.4. The van der Waals surface area contributed by atoms with Crippen molar-refractivity contribution in [3.63, 3.8) is 0 Å². The molecule has 1 aromatic heterocycles. The van der Waals surface area contributed by atoms with Gasteiger partial charge in [0.25, 0.3) is 5.91 Å². The molecule has 3 rings (SSSR count). The van der Waals surface area contributed by atoms with Crippen LogP contribution in [0.15, 0.2) is 59.7 Å². The Kier molecular flexibility index (Phi) is 9.31. The molecule has 2 N–H and O–H groups in total. The third kappa shape index (κ3) is 6.73. The van der Waals surface area contributed by atoms with Crippen molar-refractivity contribution in [2.75, 3.05) is 19.7 Å². The molecule has 8 heteroatoms. The van der Waals surface area contributed by atoms with Gasteiger partial charge in [-0.1, -0.05) is 37.5 Å². The first-order chi connectivity index (χ1) is 16.5. The number of nitrogens with zero attached hydrogens (tertiary/aromatic N) is 1. The van der Waals surface area contributed by atoms with E-state index in [-0.39, 0.29) is 30.8 Å². The summed E-state index contributed by atoms with van der Waals surface area (Å²) in [5.41, 5.74) is 0.657. The molecule has 0 spiro atoms. The van der Waals surface area contributed by atoms with Crippen molar-refractivity contribution in [2.45, 2.75) is 51.1 Å². The monoisotopic (exact) mass is 467 g/mol. The fourth-order valence-corrected chi connectivity index (χ4v) is 4.16. The molecule has 1 aliphatic rings. The fourth-order valence-electron chi connectivity index (χ4n) is 4.16. The van der Waals surface area contributed by atoms with E-state index < -0.39 is 17.9 Å². The van der Waals surface area contributed by atoms with Crippen molar-refractivity contribution >= 4 is 17.7 Å². The average Bonchev–Trinajstić information content (AvgIpc) is 3.39. The van der Waals surface area contributed by atoms with Crippen LogP contribution in [-0.4, -0.2) is 48.4 Å². The van der Waals surface area contributed by atoms with E-state index in [0.29, 0.717) is 17.9 Å². The third-order valence-electron chi connectivity index (χ3n) is 5.81. The van der Waals surface area contributed by atoms with Gasteiger partial charge in [-0.25, -0.2) is 0 Å². The second kappa shape index (κ2) is 12.6. The summed E-state index contributed by atoms with van der Waals surface area (Å²) in [5, 5.41) is 5.70. The molecule has 0 aliphatic heterocycles. The molecular weight excluding hydrogens is 434 g/mol. The lowest BCUT2D eigenvalue weighted by molar-refractivity contribution is -0.139. The summed E-state index contributed by atoms with van der Waals surface area (Å²) in [6.45, 7) is 6.05. The first-order valence-electron chi connectivity index (χ1n) is 11.8. The Labute approximate surface area is 200 Å². The van der Waals surface area contributed by atoms with Gasteiger partial charge >= 0.3 is 0 Å². The number of carbonyl (C=O) groups is 3. The van der Waals surface area contributed by atoms with Crippen LogP contribution in [0.5, 0.6) is 5.75 Å². The first-order valence-corrected chi connectivity index (χ1v) is 11.8. The topological polar surface area (TPSA) is 101 Å². The van der Waals surface area contributed by atoms with Gasteiger partial charge in [0.05, 0.1) is 19.4 Å². The lowest BCUT2D eigenvalue weighted by Crippen LogP contribution is -2.49. The molecule has 0 bridgehead atoms. The standard InChI is InChI=1S/C26H33N3O5/c1-3-16-29(23(30)18-27-25(31)22-11-8-17-34-22)24(19-12-14-21(15-13-19)33-4-2)26(32)28-20-9-6-5-7-10-20/h3,8,11-15,17,20,24H,1,4-7,9-10,16,18H2,2H3,(H,27,31)(H,28,32)/t24-/m1/s1. The van der Waals surface area contributed by atoms with Crippen molar-refractivity contribution in [2.24, 2.45) is 0 Å². The van der Waals surface area contributed by atoms with Gasteiger partial charge in [-0.05, 0) is 49.6 Å². The van der Waals surface area contributed by atoms with Gasteiger partial charge < -0.3 is 24.7 Å². The number of rotatable bonds is 11. The van der Waals surface area contributed by atoms with E-state index in [4.69, 9.17) is 9.15 Å². The van der Waals surface area contributed by atoms with Crippen LogP contribution in [0.2, 0.25) is 0 Å². The average molecular weight is 468 g/mol. The lowest BCUT2D eigenvalue weighted by atomic mass is 9.94. The quantitative estimate of drug-likeness (QED) is 0.492. The Bertz CT molecular complexity index is 949. The van der Waals surface area contributed by atoms with Crippen LogP contribution in [-0.2, 0) is 9.59 Å². The highest BCUT2D eigenvalue weighted by atomic mass is 16.5. The van der Waals surface area contributed by atoms with E-state index >= 15 is 0 Å². The van der Waals surface area contributed by atoms with Crippen LogP contribution < -0.4 is 15.4 Å². The molecule has 2 aromatic rings. The van der Waals surface area contributed by atoms with E-state index in [1.165, 1.54) is 23.7 Å². The fraction of sp³-hybridized carbons (Fsp3) is 0.423. The Morgan fingerprint density at radius 1 is 1.18 bits per heavy atom. The van der Waals surface area contributed by atoms with Crippen LogP contribution in [0.1, 0.15) is 61.2 Å².